The first-order chi connectivity index (χ1) is 5.79. The van der Waals surface area contributed by atoms with Crippen LogP contribution in [0.4, 0.5) is 0 Å². The third-order valence-electron chi connectivity index (χ3n) is 1.98. The summed E-state index contributed by atoms with van der Waals surface area (Å²) in [4.78, 5) is 4.17. The number of nitrogens with zero attached hydrogens (tertiary/aromatic N) is 1. The molecule has 0 N–H and O–H groups in total. The molecule has 60 valence electrons. The molecule has 0 saturated heterocycles. The van der Waals surface area contributed by atoms with Crippen molar-refractivity contribution in [3.63, 3.8) is 0 Å². The number of rotatable bonds is 0. The Labute approximate surface area is 79.6 Å². The second-order valence-corrected chi connectivity index (χ2v) is 3.52. The lowest BCUT2D eigenvalue weighted by molar-refractivity contribution is 1.31. The molecule has 1 aromatic heterocycles. The number of benzene rings is 1. The van der Waals surface area contributed by atoms with Gasteiger partial charge in [0.2, 0.25) is 0 Å². The van der Waals surface area contributed by atoms with E-state index in [2.05, 4.69) is 40.0 Å². The van der Waals surface area contributed by atoms with Gasteiger partial charge in [-0.3, -0.25) is 0 Å². The summed E-state index contributed by atoms with van der Waals surface area (Å²) in [5.41, 5.74) is 1.29. The zero-order chi connectivity index (χ0) is 8.55. The number of fused-ring (bicyclic) bond motifs is 1. The van der Waals surface area contributed by atoms with Crippen molar-refractivity contribution in [3.8, 4) is 0 Å². The maximum Gasteiger partial charge on any atom is 0.113 e. The summed E-state index contributed by atoms with van der Waals surface area (Å²) in [5.74, 6) is 0. The molecule has 0 aliphatic rings. The Morgan fingerprint density at radius 2 is 2.00 bits per heavy atom. The van der Waals surface area contributed by atoms with Crippen molar-refractivity contribution in [3.05, 3.63) is 40.6 Å². The highest BCUT2D eigenvalue weighted by Gasteiger charge is 1.99. The van der Waals surface area contributed by atoms with Crippen LogP contribution < -0.4 is 0 Å². The minimum Gasteiger partial charge on any atom is -0.249 e. The van der Waals surface area contributed by atoms with Gasteiger partial charge in [-0.2, -0.15) is 0 Å². The average molecular weight is 222 g/mol. The highest BCUT2D eigenvalue weighted by atomic mass is 79.9. The predicted molar refractivity (Wildman–Crippen MR) is 54.2 cm³/mol. The van der Waals surface area contributed by atoms with Crippen molar-refractivity contribution < 1.29 is 0 Å². The van der Waals surface area contributed by atoms with E-state index < -0.39 is 0 Å². The molecule has 0 radical (unpaired) electrons. The molecule has 0 saturated carbocycles. The van der Waals surface area contributed by atoms with Gasteiger partial charge in [-0.25, -0.2) is 4.98 Å². The molecule has 0 spiro atoms. The van der Waals surface area contributed by atoms with Crippen molar-refractivity contribution in [2.75, 3.05) is 0 Å². The minimum absolute atomic E-state index is 0.920. The van der Waals surface area contributed by atoms with Gasteiger partial charge in [0.05, 0.1) is 0 Å². The van der Waals surface area contributed by atoms with Gasteiger partial charge in [0, 0.05) is 11.6 Å². The van der Waals surface area contributed by atoms with E-state index in [1.807, 2.05) is 18.3 Å². The number of hydrogen-bond acceptors (Lipinski definition) is 1. The molecule has 0 fully saturated rings. The molecule has 2 aromatic rings. The molecule has 0 bridgehead atoms. The van der Waals surface area contributed by atoms with E-state index in [9.17, 15) is 0 Å². The first-order valence-corrected chi connectivity index (χ1v) is 4.58. The number of pyridine rings is 1. The van der Waals surface area contributed by atoms with Crippen LogP contribution in [0.1, 0.15) is 5.56 Å². The van der Waals surface area contributed by atoms with E-state index in [1.54, 1.807) is 0 Å². The third kappa shape index (κ3) is 1.12. The van der Waals surface area contributed by atoms with Crippen molar-refractivity contribution >= 4 is 26.7 Å². The molecule has 12 heavy (non-hydrogen) atoms. The molecule has 0 amide bonds. The molecule has 1 heterocycles. The van der Waals surface area contributed by atoms with E-state index in [1.165, 1.54) is 16.3 Å². The van der Waals surface area contributed by atoms with Crippen LogP contribution in [0.3, 0.4) is 0 Å². The molecule has 0 aliphatic carbocycles. The van der Waals surface area contributed by atoms with Gasteiger partial charge in [-0.15, -0.1) is 0 Å². The van der Waals surface area contributed by atoms with E-state index >= 15 is 0 Å². The zero-order valence-corrected chi connectivity index (χ0v) is 8.30. The highest BCUT2D eigenvalue weighted by molar-refractivity contribution is 9.10. The van der Waals surface area contributed by atoms with Gasteiger partial charge >= 0.3 is 0 Å². The van der Waals surface area contributed by atoms with Crippen LogP contribution in [-0.4, -0.2) is 4.98 Å². The Balaban J connectivity index is 2.94. The van der Waals surface area contributed by atoms with E-state index in [-0.39, 0.29) is 0 Å². The van der Waals surface area contributed by atoms with Crippen LogP contribution in [-0.2, 0) is 0 Å². The van der Waals surface area contributed by atoms with Gasteiger partial charge in [0.15, 0.2) is 0 Å². The molecular formula is C10H8BrN. The van der Waals surface area contributed by atoms with E-state index in [4.69, 9.17) is 0 Å². The normalized spacial score (nSPS) is 10.5. The summed E-state index contributed by atoms with van der Waals surface area (Å²) in [5, 5.41) is 2.44. The molecule has 1 nitrogen and oxygen atoms in total. The summed E-state index contributed by atoms with van der Waals surface area (Å²) >= 11 is 3.42. The standard InChI is InChI=1S/C10H8BrN/c1-7-3-2-4-9-8(7)5-6-12-10(9)11/h2-6H,1H3. The Bertz CT molecular complexity index is 382. The fourth-order valence-electron chi connectivity index (χ4n) is 1.33. The van der Waals surface area contributed by atoms with Crippen LogP contribution in [0.2, 0.25) is 0 Å². The summed E-state index contributed by atoms with van der Waals surface area (Å²) in [7, 11) is 0. The Kier molecular flexibility index (Phi) is 1.85. The first kappa shape index (κ1) is 7.74. The fourth-order valence-corrected chi connectivity index (χ4v) is 1.79. The van der Waals surface area contributed by atoms with Gasteiger partial charge in [-0.05, 0) is 39.9 Å². The van der Waals surface area contributed by atoms with Crippen molar-refractivity contribution in [2.45, 2.75) is 6.92 Å². The molecule has 2 rings (SSSR count). The molecule has 0 unspecified atom stereocenters. The summed E-state index contributed by atoms with van der Waals surface area (Å²) < 4.78 is 0.920. The maximum atomic E-state index is 4.17. The minimum atomic E-state index is 0.920. The molecule has 0 atom stereocenters. The van der Waals surface area contributed by atoms with Crippen molar-refractivity contribution in [1.29, 1.82) is 0 Å². The van der Waals surface area contributed by atoms with E-state index in [0.717, 1.165) is 4.60 Å². The number of halogens is 1. The van der Waals surface area contributed by atoms with Gasteiger partial charge in [0.1, 0.15) is 4.60 Å². The van der Waals surface area contributed by atoms with Crippen LogP contribution in [0.15, 0.2) is 35.1 Å². The number of aromatic nitrogens is 1. The first-order valence-electron chi connectivity index (χ1n) is 3.79. The Hall–Kier alpha value is -0.890. The lowest BCUT2D eigenvalue weighted by Gasteiger charge is -2.01. The molecule has 1 aromatic carbocycles. The molecule has 0 aliphatic heterocycles. The monoisotopic (exact) mass is 221 g/mol. The van der Waals surface area contributed by atoms with Gasteiger partial charge in [-0.1, -0.05) is 18.2 Å². The second-order valence-electron chi connectivity index (χ2n) is 2.77. The molecular weight excluding hydrogens is 214 g/mol. The quantitative estimate of drug-likeness (QED) is 0.623. The Morgan fingerprint density at radius 1 is 1.17 bits per heavy atom. The topological polar surface area (TPSA) is 12.9 Å². The van der Waals surface area contributed by atoms with Crippen molar-refractivity contribution in [1.82, 2.24) is 4.98 Å². The summed E-state index contributed by atoms with van der Waals surface area (Å²) in [6, 6.07) is 8.26. The molecule has 2 heteroatoms. The lowest BCUT2D eigenvalue weighted by atomic mass is 10.1. The second kappa shape index (κ2) is 2.87. The summed E-state index contributed by atoms with van der Waals surface area (Å²) in [6.45, 7) is 2.11. The van der Waals surface area contributed by atoms with Crippen LogP contribution in [0, 0.1) is 6.92 Å². The largest absolute Gasteiger partial charge is 0.249 e. The van der Waals surface area contributed by atoms with Gasteiger partial charge in [0.25, 0.3) is 0 Å². The van der Waals surface area contributed by atoms with Crippen molar-refractivity contribution in [2.24, 2.45) is 0 Å². The predicted octanol–water partition coefficient (Wildman–Crippen LogP) is 3.31. The van der Waals surface area contributed by atoms with Gasteiger partial charge < -0.3 is 0 Å². The highest BCUT2D eigenvalue weighted by Crippen LogP contribution is 2.23. The number of hydrogen-bond donors (Lipinski definition) is 0. The van der Waals surface area contributed by atoms with Crippen LogP contribution in [0.5, 0.6) is 0 Å². The fraction of sp³-hybridized carbons (Fsp3) is 0.100. The summed E-state index contributed by atoms with van der Waals surface area (Å²) in [6.07, 6.45) is 1.82. The average Bonchev–Trinajstić information content (AvgIpc) is 2.07. The smallest absolute Gasteiger partial charge is 0.113 e. The zero-order valence-electron chi connectivity index (χ0n) is 6.71. The van der Waals surface area contributed by atoms with E-state index in [0.29, 0.717) is 0 Å². The SMILES string of the molecule is Cc1cccc2c(Br)nccc12. The van der Waals surface area contributed by atoms with Crippen LogP contribution >= 0.6 is 15.9 Å². The lowest BCUT2D eigenvalue weighted by Crippen LogP contribution is -1.81. The van der Waals surface area contributed by atoms with Crippen LogP contribution in [0.25, 0.3) is 10.8 Å². The number of aryl methyl sites for hydroxylation is 1. The third-order valence-corrected chi connectivity index (χ3v) is 2.61. The Morgan fingerprint density at radius 3 is 2.75 bits per heavy atom. The maximum absolute atomic E-state index is 4.17.